The molecule has 0 heterocycles. The van der Waals surface area contributed by atoms with Gasteiger partial charge in [0.2, 0.25) is 5.91 Å². The number of hydrogen-bond acceptors (Lipinski definition) is 1. The zero-order valence-corrected chi connectivity index (χ0v) is 9.80. The van der Waals surface area contributed by atoms with E-state index in [0.717, 1.165) is 6.42 Å². The largest absolute Gasteiger partial charge is 0.355 e. The van der Waals surface area contributed by atoms with Crippen LogP contribution in [0.4, 0.5) is 0 Å². The highest BCUT2D eigenvalue weighted by Gasteiger charge is 1.99. The van der Waals surface area contributed by atoms with Crippen LogP contribution in [0.5, 0.6) is 0 Å². The second-order valence-corrected chi connectivity index (χ2v) is 3.72. The number of benzene rings is 1. The zero-order valence-electron chi connectivity index (χ0n) is 8.22. The van der Waals surface area contributed by atoms with Crippen LogP contribution in [0.25, 0.3) is 0 Å². The fourth-order valence-electron chi connectivity index (χ4n) is 1.27. The minimum Gasteiger partial charge on any atom is -0.355 e. The molecule has 0 unspecified atom stereocenters. The Morgan fingerprint density at radius 1 is 1.43 bits per heavy atom. The fraction of sp³-hybridized carbons (Fsp3) is 0.364. The standard InChI is InChI=1S/C11H14BrNO/c1-9-4-2-3-5-10(9)6-7-13-11(14)8-12/h2-5H,6-8H2,1H3,(H,13,14). The number of amides is 1. The first-order chi connectivity index (χ1) is 6.74. The van der Waals surface area contributed by atoms with Crippen LogP contribution in [-0.4, -0.2) is 17.8 Å². The Balaban J connectivity index is 2.39. The van der Waals surface area contributed by atoms with Crippen LogP contribution in [0.3, 0.4) is 0 Å². The van der Waals surface area contributed by atoms with Crippen LogP contribution in [0.2, 0.25) is 0 Å². The van der Waals surface area contributed by atoms with Crippen molar-refractivity contribution in [3.8, 4) is 0 Å². The molecule has 0 aliphatic rings. The van der Waals surface area contributed by atoms with E-state index in [0.29, 0.717) is 11.9 Å². The maximum atomic E-state index is 10.9. The summed E-state index contributed by atoms with van der Waals surface area (Å²) in [5.74, 6) is 0.0404. The third-order valence-electron chi connectivity index (χ3n) is 2.10. The van der Waals surface area contributed by atoms with Crippen LogP contribution in [-0.2, 0) is 11.2 Å². The van der Waals surface area contributed by atoms with Gasteiger partial charge in [0.1, 0.15) is 0 Å². The number of rotatable bonds is 4. The first-order valence-corrected chi connectivity index (χ1v) is 5.73. The van der Waals surface area contributed by atoms with Crippen molar-refractivity contribution in [1.29, 1.82) is 0 Å². The first kappa shape index (κ1) is 11.2. The number of alkyl halides is 1. The molecule has 0 aliphatic heterocycles. The Morgan fingerprint density at radius 3 is 2.79 bits per heavy atom. The van der Waals surface area contributed by atoms with Crippen LogP contribution >= 0.6 is 15.9 Å². The van der Waals surface area contributed by atoms with E-state index in [-0.39, 0.29) is 5.91 Å². The van der Waals surface area contributed by atoms with Crippen molar-refractivity contribution in [3.63, 3.8) is 0 Å². The van der Waals surface area contributed by atoms with E-state index in [1.165, 1.54) is 11.1 Å². The Morgan fingerprint density at radius 2 is 2.14 bits per heavy atom. The maximum Gasteiger partial charge on any atom is 0.230 e. The third kappa shape index (κ3) is 3.50. The quantitative estimate of drug-likeness (QED) is 0.821. The van der Waals surface area contributed by atoms with E-state index in [4.69, 9.17) is 0 Å². The number of nitrogens with one attached hydrogen (secondary N) is 1. The summed E-state index contributed by atoms with van der Waals surface area (Å²) >= 11 is 3.10. The van der Waals surface area contributed by atoms with Crippen molar-refractivity contribution in [2.45, 2.75) is 13.3 Å². The smallest absolute Gasteiger partial charge is 0.230 e. The molecule has 0 spiro atoms. The Bertz CT molecular complexity index is 312. The minimum atomic E-state index is 0.0404. The summed E-state index contributed by atoms with van der Waals surface area (Å²) in [5.41, 5.74) is 2.57. The number of aryl methyl sites for hydroxylation is 1. The van der Waals surface area contributed by atoms with Gasteiger partial charge in [-0.25, -0.2) is 0 Å². The van der Waals surface area contributed by atoms with Crippen LogP contribution < -0.4 is 5.32 Å². The summed E-state index contributed by atoms with van der Waals surface area (Å²) in [5, 5.41) is 3.20. The summed E-state index contributed by atoms with van der Waals surface area (Å²) in [7, 11) is 0. The van der Waals surface area contributed by atoms with Gasteiger partial charge in [0.15, 0.2) is 0 Å². The van der Waals surface area contributed by atoms with Gasteiger partial charge in [0, 0.05) is 6.54 Å². The lowest BCUT2D eigenvalue weighted by molar-refractivity contribution is -0.118. The summed E-state index contributed by atoms with van der Waals surface area (Å²) < 4.78 is 0. The van der Waals surface area contributed by atoms with Crippen molar-refractivity contribution in [2.24, 2.45) is 0 Å². The molecule has 0 radical (unpaired) electrons. The Hall–Kier alpha value is -0.830. The normalized spacial score (nSPS) is 9.86. The minimum absolute atomic E-state index is 0.0404. The lowest BCUT2D eigenvalue weighted by Gasteiger charge is -2.05. The number of hydrogen-bond donors (Lipinski definition) is 1. The molecule has 2 nitrogen and oxygen atoms in total. The Labute approximate surface area is 92.8 Å². The predicted octanol–water partition coefficient (Wildman–Crippen LogP) is 2.05. The van der Waals surface area contributed by atoms with Crippen molar-refractivity contribution < 1.29 is 4.79 Å². The van der Waals surface area contributed by atoms with E-state index in [2.05, 4.69) is 40.3 Å². The molecule has 1 amide bonds. The van der Waals surface area contributed by atoms with Gasteiger partial charge in [-0.1, -0.05) is 40.2 Å². The molecule has 76 valence electrons. The number of carbonyl (C=O) groups is 1. The summed E-state index contributed by atoms with van der Waals surface area (Å²) in [6.07, 6.45) is 0.894. The van der Waals surface area contributed by atoms with Gasteiger partial charge in [-0.3, -0.25) is 4.79 Å². The topological polar surface area (TPSA) is 29.1 Å². The van der Waals surface area contributed by atoms with E-state index >= 15 is 0 Å². The van der Waals surface area contributed by atoms with Crippen LogP contribution in [0.15, 0.2) is 24.3 Å². The number of halogens is 1. The van der Waals surface area contributed by atoms with E-state index < -0.39 is 0 Å². The van der Waals surface area contributed by atoms with E-state index in [9.17, 15) is 4.79 Å². The molecule has 1 rings (SSSR count). The molecule has 0 aromatic heterocycles. The van der Waals surface area contributed by atoms with Crippen molar-refractivity contribution >= 4 is 21.8 Å². The highest BCUT2D eigenvalue weighted by molar-refractivity contribution is 9.09. The van der Waals surface area contributed by atoms with Gasteiger partial charge in [0.05, 0.1) is 5.33 Å². The SMILES string of the molecule is Cc1ccccc1CCNC(=O)CBr. The molecule has 0 saturated carbocycles. The van der Waals surface area contributed by atoms with Gasteiger partial charge in [-0.2, -0.15) is 0 Å². The summed E-state index contributed by atoms with van der Waals surface area (Å²) in [6, 6.07) is 8.22. The second-order valence-electron chi connectivity index (χ2n) is 3.16. The molecular weight excluding hydrogens is 242 g/mol. The van der Waals surface area contributed by atoms with Gasteiger partial charge in [-0.05, 0) is 24.5 Å². The summed E-state index contributed by atoms with van der Waals surface area (Å²) in [4.78, 5) is 10.9. The molecule has 0 saturated heterocycles. The molecule has 0 bridgehead atoms. The molecule has 3 heteroatoms. The average Bonchev–Trinajstić information content (AvgIpc) is 2.20. The van der Waals surface area contributed by atoms with Crippen LogP contribution in [0.1, 0.15) is 11.1 Å². The van der Waals surface area contributed by atoms with Gasteiger partial charge < -0.3 is 5.32 Å². The monoisotopic (exact) mass is 255 g/mol. The highest BCUT2D eigenvalue weighted by Crippen LogP contribution is 2.06. The van der Waals surface area contributed by atoms with Crippen molar-refractivity contribution in [3.05, 3.63) is 35.4 Å². The maximum absolute atomic E-state index is 10.9. The molecule has 1 aromatic rings. The second kappa shape index (κ2) is 5.81. The van der Waals surface area contributed by atoms with Crippen molar-refractivity contribution in [1.82, 2.24) is 5.32 Å². The van der Waals surface area contributed by atoms with Crippen LogP contribution in [0, 0.1) is 6.92 Å². The molecular formula is C11H14BrNO. The first-order valence-electron chi connectivity index (χ1n) is 4.61. The van der Waals surface area contributed by atoms with Crippen molar-refractivity contribution in [2.75, 3.05) is 11.9 Å². The van der Waals surface area contributed by atoms with Gasteiger partial charge in [-0.15, -0.1) is 0 Å². The highest BCUT2D eigenvalue weighted by atomic mass is 79.9. The molecule has 1 N–H and O–H groups in total. The third-order valence-corrected chi connectivity index (χ3v) is 2.61. The molecule has 0 aliphatic carbocycles. The summed E-state index contributed by atoms with van der Waals surface area (Å²) in [6.45, 7) is 2.79. The molecule has 14 heavy (non-hydrogen) atoms. The fourth-order valence-corrected chi connectivity index (χ4v) is 1.47. The lowest BCUT2D eigenvalue weighted by atomic mass is 10.1. The lowest BCUT2D eigenvalue weighted by Crippen LogP contribution is -2.26. The van der Waals surface area contributed by atoms with Gasteiger partial charge in [0.25, 0.3) is 0 Å². The van der Waals surface area contributed by atoms with E-state index in [1.807, 2.05) is 12.1 Å². The zero-order chi connectivity index (χ0) is 10.4. The van der Waals surface area contributed by atoms with Gasteiger partial charge >= 0.3 is 0 Å². The average molecular weight is 256 g/mol. The van der Waals surface area contributed by atoms with E-state index in [1.54, 1.807) is 0 Å². The Kier molecular flexibility index (Phi) is 4.66. The molecule has 0 fully saturated rings. The molecule has 0 atom stereocenters. The molecule has 1 aromatic carbocycles. The number of carbonyl (C=O) groups excluding carboxylic acids is 1. The predicted molar refractivity (Wildman–Crippen MR) is 61.7 cm³/mol.